The number of rotatable bonds is 3. The molecule has 1 saturated heterocycles. The predicted octanol–water partition coefficient (Wildman–Crippen LogP) is 1.46. The smallest absolute Gasteiger partial charge is 0.172 e. The van der Waals surface area contributed by atoms with Gasteiger partial charge in [-0.2, -0.15) is 0 Å². The van der Waals surface area contributed by atoms with E-state index in [9.17, 15) is 0 Å². The number of anilines is 2. The minimum absolute atomic E-state index is 0.568. The van der Waals surface area contributed by atoms with Gasteiger partial charge in [0.1, 0.15) is 0 Å². The molecular formula is C14H19N5. The lowest BCUT2D eigenvalue weighted by atomic mass is 10.1. The number of benzene rings is 1. The van der Waals surface area contributed by atoms with Gasteiger partial charge in [-0.3, -0.25) is 0 Å². The first-order valence-electron chi connectivity index (χ1n) is 6.71. The number of para-hydroxylation sites is 2. The van der Waals surface area contributed by atoms with E-state index >= 15 is 0 Å². The fourth-order valence-electron chi connectivity index (χ4n) is 2.60. The quantitative estimate of drug-likeness (QED) is 0.871. The van der Waals surface area contributed by atoms with Crippen molar-refractivity contribution >= 4 is 22.7 Å². The molecule has 0 bridgehead atoms. The third kappa shape index (κ3) is 2.21. The lowest BCUT2D eigenvalue weighted by molar-refractivity contribution is 0.602. The van der Waals surface area contributed by atoms with Crippen molar-refractivity contribution in [1.82, 2.24) is 9.97 Å². The fraction of sp³-hybridized carbons (Fsp3) is 0.429. The van der Waals surface area contributed by atoms with Gasteiger partial charge in [-0.05, 0) is 31.0 Å². The van der Waals surface area contributed by atoms with E-state index in [2.05, 4.69) is 15.2 Å². The van der Waals surface area contributed by atoms with Gasteiger partial charge in [0.05, 0.1) is 11.0 Å². The molecule has 3 N–H and O–H groups in total. The summed E-state index contributed by atoms with van der Waals surface area (Å²) in [5.74, 6) is 2.35. The Morgan fingerprint density at radius 3 is 2.68 bits per heavy atom. The van der Waals surface area contributed by atoms with Crippen LogP contribution in [-0.4, -0.2) is 36.6 Å². The summed E-state index contributed by atoms with van der Waals surface area (Å²) >= 11 is 0. The molecule has 5 nitrogen and oxygen atoms in total. The van der Waals surface area contributed by atoms with Crippen LogP contribution in [0.25, 0.3) is 11.0 Å². The van der Waals surface area contributed by atoms with E-state index in [-0.39, 0.29) is 0 Å². The van der Waals surface area contributed by atoms with Crippen molar-refractivity contribution in [2.24, 2.45) is 11.7 Å². The molecule has 0 unspecified atom stereocenters. The van der Waals surface area contributed by atoms with Crippen molar-refractivity contribution < 1.29 is 0 Å². The molecule has 1 aliphatic rings. The van der Waals surface area contributed by atoms with E-state index < -0.39 is 0 Å². The van der Waals surface area contributed by atoms with Crippen LogP contribution >= 0.6 is 0 Å². The minimum Gasteiger partial charge on any atom is -0.370 e. The normalized spacial score (nSPS) is 19.1. The maximum atomic E-state index is 5.76. The number of aromatic nitrogens is 2. The van der Waals surface area contributed by atoms with Crippen LogP contribution in [-0.2, 0) is 0 Å². The molecule has 2 aromatic rings. The molecule has 1 aromatic carbocycles. The molecule has 0 saturated carbocycles. The Morgan fingerprint density at radius 1 is 1.32 bits per heavy atom. The van der Waals surface area contributed by atoms with Crippen LogP contribution in [0.1, 0.15) is 6.42 Å². The Bertz CT molecular complexity index is 583. The van der Waals surface area contributed by atoms with Crippen molar-refractivity contribution in [3.05, 3.63) is 24.3 Å². The van der Waals surface area contributed by atoms with E-state index in [1.165, 1.54) is 0 Å². The van der Waals surface area contributed by atoms with Gasteiger partial charge in [0.15, 0.2) is 11.6 Å². The van der Waals surface area contributed by atoms with Crippen LogP contribution in [0.3, 0.4) is 0 Å². The number of nitrogens with zero attached hydrogens (tertiary/aromatic N) is 3. The van der Waals surface area contributed by atoms with Gasteiger partial charge >= 0.3 is 0 Å². The number of hydrogen-bond donors (Lipinski definition) is 2. The molecule has 1 aromatic heterocycles. The van der Waals surface area contributed by atoms with Crippen LogP contribution < -0.4 is 16.0 Å². The SMILES string of the molecule is CNc1nc2ccccc2nc1N1CC[C@H](CN)C1. The maximum Gasteiger partial charge on any atom is 0.172 e. The second-order valence-electron chi connectivity index (χ2n) is 4.97. The first kappa shape index (κ1) is 12.2. The van der Waals surface area contributed by atoms with Gasteiger partial charge in [0.25, 0.3) is 0 Å². The Kier molecular flexibility index (Phi) is 3.21. The Labute approximate surface area is 112 Å². The number of nitrogens with two attached hydrogens (primary N) is 1. The summed E-state index contributed by atoms with van der Waals surface area (Å²) in [7, 11) is 1.89. The summed E-state index contributed by atoms with van der Waals surface area (Å²) in [6.07, 6.45) is 1.13. The number of nitrogens with one attached hydrogen (secondary N) is 1. The highest BCUT2D eigenvalue weighted by atomic mass is 15.2. The zero-order chi connectivity index (χ0) is 13.2. The monoisotopic (exact) mass is 257 g/mol. The molecule has 1 fully saturated rings. The second-order valence-corrected chi connectivity index (χ2v) is 4.97. The average Bonchev–Trinajstić information content (AvgIpc) is 2.94. The number of fused-ring (bicyclic) bond motifs is 1. The van der Waals surface area contributed by atoms with Crippen molar-refractivity contribution in [1.29, 1.82) is 0 Å². The fourth-order valence-corrected chi connectivity index (χ4v) is 2.60. The zero-order valence-electron chi connectivity index (χ0n) is 11.1. The molecule has 0 spiro atoms. The van der Waals surface area contributed by atoms with Crippen molar-refractivity contribution in [3.63, 3.8) is 0 Å². The Hall–Kier alpha value is -1.88. The molecule has 100 valence electrons. The summed E-state index contributed by atoms with van der Waals surface area (Å²) in [6, 6.07) is 7.96. The van der Waals surface area contributed by atoms with Crippen molar-refractivity contribution in [2.75, 3.05) is 36.9 Å². The van der Waals surface area contributed by atoms with Gasteiger partial charge < -0.3 is 16.0 Å². The molecule has 19 heavy (non-hydrogen) atoms. The summed E-state index contributed by atoms with van der Waals surface area (Å²) in [4.78, 5) is 11.7. The molecule has 0 aliphatic carbocycles. The average molecular weight is 257 g/mol. The highest BCUT2D eigenvalue weighted by molar-refractivity contribution is 5.80. The Morgan fingerprint density at radius 2 is 2.05 bits per heavy atom. The van der Waals surface area contributed by atoms with Crippen LogP contribution in [0.15, 0.2) is 24.3 Å². The highest BCUT2D eigenvalue weighted by Crippen LogP contribution is 2.28. The van der Waals surface area contributed by atoms with Gasteiger partial charge in [0.2, 0.25) is 0 Å². The molecule has 1 aliphatic heterocycles. The van der Waals surface area contributed by atoms with E-state index in [4.69, 9.17) is 10.7 Å². The van der Waals surface area contributed by atoms with Crippen LogP contribution in [0.4, 0.5) is 11.6 Å². The summed E-state index contributed by atoms with van der Waals surface area (Å²) in [5.41, 5.74) is 7.62. The lowest BCUT2D eigenvalue weighted by Crippen LogP contribution is -2.24. The third-order valence-electron chi connectivity index (χ3n) is 3.71. The van der Waals surface area contributed by atoms with Gasteiger partial charge in [0, 0.05) is 20.1 Å². The molecule has 2 heterocycles. The van der Waals surface area contributed by atoms with Gasteiger partial charge in [-0.1, -0.05) is 12.1 Å². The standard InChI is InChI=1S/C14H19N5/c1-16-13-14(19-7-6-10(8-15)9-19)18-12-5-3-2-4-11(12)17-13/h2-5,10H,6-9,15H2,1H3,(H,16,17)/t10-/m1/s1. The van der Waals surface area contributed by atoms with Crippen LogP contribution in [0.5, 0.6) is 0 Å². The first-order chi connectivity index (χ1) is 9.31. The lowest BCUT2D eigenvalue weighted by Gasteiger charge is -2.20. The zero-order valence-corrected chi connectivity index (χ0v) is 11.1. The predicted molar refractivity (Wildman–Crippen MR) is 78.5 cm³/mol. The van der Waals surface area contributed by atoms with E-state index in [0.717, 1.165) is 48.7 Å². The molecule has 5 heteroatoms. The van der Waals surface area contributed by atoms with Crippen LogP contribution in [0.2, 0.25) is 0 Å². The molecule has 3 rings (SSSR count). The molecule has 0 amide bonds. The maximum absolute atomic E-state index is 5.76. The number of hydrogen-bond acceptors (Lipinski definition) is 5. The first-order valence-corrected chi connectivity index (χ1v) is 6.71. The van der Waals surface area contributed by atoms with E-state index in [1.54, 1.807) is 0 Å². The van der Waals surface area contributed by atoms with Crippen LogP contribution in [0, 0.1) is 5.92 Å². The highest BCUT2D eigenvalue weighted by Gasteiger charge is 2.24. The Balaban J connectivity index is 2.02. The summed E-state index contributed by atoms with van der Waals surface area (Å²) in [6.45, 7) is 2.72. The molecule has 0 radical (unpaired) electrons. The van der Waals surface area contributed by atoms with Gasteiger partial charge in [-0.25, -0.2) is 9.97 Å². The second kappa shape index (κ2) is 5.01. The molecular weight excluding hydrogens is 238 g/mol. The topological polar surface area (TPSA) is 67.1 Å². The molecule has 1 atom stereocenters. The van der Waals surface area contributed by atoms with Gasteiger partial charge in [-0.15, -0.1) is 0 Å². The van der Waals surface area contributed by atoms with Crippen molar-refractivity contribution in [2.45, 2.75) is 6.42 Å². The minimum atomic E-state index is 0.568. The largest absolute Gasteiger partial charge is 0.370 e. The summed E-state index contributed by atoms with van der Waals surface area (Å²) < 4.78 is 0. The third-order valence-corrected chi connectivity index (χ3v) is 3.71. The van der Waals surface area contributed by atoms with E-state index in [1.807, 2.05) is 31.3 Å². The van der Waals surface area contributed by atoms with Crippen molar-refractivity contribution in [3.8, 4) is 0 Å². The summed E-state index contributed by atoms with van der Waals surface area (Å²) in [5, 5.41) is 3.15. The van der Waals surface area contributed by atoms with E-state index in [0.29, 0.717) is 5.92 Å².